The molecule has 0 aromatic heterocycles. The van der Waals surface area contributed by atoms with Gasteiger partial charge in [-0.3, -0.25) is 0 Å². The second-order valence-electron chi connectivity index (χ2n) is 5.46. The second-order valence-corrected chi connectivity index (χ2v) is 5.46. The third-order valence-corrected chi connectivity index (χ3v) is 3.64. The molecule has 2 heteroatoms. The van der Waals surface area contributed by atoms with Crippen molar-refractivity contribution in [3.8, 4) is 5.75 Å². The predicted molar refractivity (Wildman–Crippen MR) is 88.7 cm³/mol. The van der Waals surface area contributed by atoms with E-state index in [-0.39, 0.29) is 0 Å². The number of ether oxygens (including phenoxy) is 1. The number of hydrogen-bond acceptors (Lipinski definition) is 2. The fourth-order valence-corrected chi connectivity index (χ4v) is 2.42. The molecule has 2 aromatic carbocycles. The highest BCUT2D eigenvalue weighted by molar-refractivity contribution is 5.30. The van der Waals surface area contributed by atoms with Crippen LogP contribution < -0.4 is 10.1 Å². The Morgan fingerprint density at radius 1 is 1.10 bits per heavy atom. The van der Waals surface area contributed by atoms with Crippen molar-refractivity contribution in [3.63, 3.8) is 0 Å². The number of benzene rings is 2. The van der Waals surface area contributed by atoms with E-state index in [0.717, 1.165) is 25.3 Å². The van der Waals surface area contributed by atoms with E-state index in [0.29, 0.717) is 6.04 Å². The van der Waals surface area contributed by atoms with Crippen LogP contribution in [0.1, 0.15) is 43.0 Å². The van der Waals surface area contributed by atoms with Crippen LogP contribution in [0.15, 0.2) is 48.5 Å². The Morgan fingerprint density at radius 2 is 1.90 bits per heavy atom. The molecule has 0 amide bonds. The average molecular weight is 283 g/mol. The molecule has 0 aliphatic rings. The van der Waals surface area contributed by atoms with Gasteiger partial charge in [0, 0.05) is 12.6 Å². The van der Waals surface area contributed by atoms with E-state index in [1.54, 1.807) is 0 Å². The quantitative estimate of drug-likeness (QED) is 0.799. The van der Waals surface area contributed by atoms with Crippen molar-refractivity contribution in [2.45, 2.75) is 39.8 Å². The van der Waals surface area contributed by atoms with Gasteiger partial charge < -0.3 is 10.1 Å². The Kier molecular flexibility index (Phi) is 5.82. The summed E-state index contributed by atoms with van der Waals surface area (Å²) in [6.45, 7) is 8.11. The van der Waals surface area contributed by atoms with Gasteiger partial charge in [-0.05, 0) is 49.1 Å². The van der Waals surface area contributed by atoms with Gasteiger partial charge in [-0.2, -0.15) is 0 Å². The Bertz CT molecular complexity index is 565. The lowest BCUT2D eigenvalue weighted by Gasteiger charge is -2.17. The van der Waals surface area contributed by atoms with Gasteiger partial charge in [0.1, 0.15) is 5.75 Å². The molecule has 0 fully saturated rings. The standard InChI is InChI=1S/C19H25NO/c1-4-12-21-18-10-7-9-17(13-18)14-20-16(3)19-11-6-5-8-15(19)2/h5-11,13,16,20H,4,12,14H2,1-3H3. The molecule has 2 nitrogen and oxygen atoms in total. The van der Waals surface area contributed by atoms with E-state index in [4.69, 9.17) is 4.74 Å². The summed E-state index contributed by atoms with van der Waals surface area (Å²) in [5.41, 5.74) is 3.94. The zero-order valence-corrected chi connectivity index (χ0v) is 13.2. The van der Waals surface area contributed by atoms with Crippen LogP contribution in [0.5, 0.6) is 5.75 Å². The normalized spacial score (nSPS) is 12.1. The molecule has 2 rings (SSSR count). The van der Waals surface area contributed by atoms with Crippen LogP contribution in [-0.2, 0) is 6.54 Å². The van der Waals surface area contributed by atoms with Crippen molar-refractivity contribution in [2.24, 2.45) is 0 Å². The van der Waals surface area contributed by atoms with Crippen molar-refractivity contribution in [2.75, 3.05) is 6.61 Å². The number of hydrogen-bond donors (Lipinski definition) is 1. The molecular weight excluding hydrogens is 258 g/mol. The monoisotopic (exact) mass is 283 g/mol. The molecule has 0 spiro atoms. The molecule has 112 valence electrons. The Morgan fingerprint density at radius 3 is 2.67 bits per heavy atom. The minimum Gasteiger partial charge on any atom is -0.494 e. The van der Waals surface area contributed by atoms with Crippen LogP contribution in [0.2, 0.25) is 0 Å². The number of aryl methyl sites for hydroxylation is 1. The lowest BCUT2D eigenvalue weighted by molar-refractivity contribution is 0.317. The molecule has 1 unspecified atom stereocenters. The highest BCUT2D eigenvalue weighted by Crippen LogP contribution is 2.18. The Labute approximate surface area is 128 Å². The zero-order valence-electron chi connectivity index (χ0n) is 13.2. The third-order valence-electron chi connectivity index (χ3n) is 3.64. The molecule has 1 atom stereocenters. The van der Waals surface area contributed by atoms with Gasteiger partial charge in [0.25, 0.3) is 0 Å². The minimum absolute atomic E-state index is 0.339. The van der Waals surface area contributed by atoms with Crippen molar-refractivity contribution in [3.05, 3.63) is 65.2 Å². The fourth-order valence-electron chi connectivity index (χ4n) is 2.42. The van der Waals surface area contributed by atoms with E-state index >= 15 is 0 Å². The molecule has 0 saturated carbocycles. The van der Waals surface area contributed by atoms with Crippen LogP contribution in [0.3, 0.4) is 0 Å². The van der Waals surface area contributed by atoms with Gasteiger partial charge in [-0.25, -0.2) is 0 Å². The van der Waals surface area contributed by atoms with Gasteiger partial charge >= 0.3 is 0 Å². The molecular formula is C19H25NO. The second kappa shape index (κ2) is 7.84. The first-order valence-electron chi connectivity index (χ1n) is 7.71. The van der Waals surface area contributed by atoms with Gasteiger partial charge in [0.15, 0.2) is 0 Å². The maximum atomic E-state index is 5.68. The summed E-state index contributed by atoms with van der Waals surface area (Å²) >= 11 is 0. The van der Waals surface area contributed by atoms with Crippen molar-refractivity contribution >= 4 is 0 Å². The van der Waals surface area contributed by atoms with Crippen LogP contribution in [0, 0.1) is 6.92 Å². The molecule has 0 bridgehead atoms. The predicted octanol–water partition coefficient (Wildman–Crippen LogP) is 4.63. The lowest BCUT2D eigenvalue weighted by atomic mass is 10.0. The lowest BCUT2D eigenvalue weighted by Crippen LogP contribution is -2.18. The zero-order chi connectivity index (χ0) is 15.1. The van der Waals surface area contributed by atoms with Crippen LogP contribution in [-0.4, -0.2) is 6.61 Å². The van der Waals surface area contributed by atoms with E-state index in [9.17, 15) is 0 Å². The largest absolute Gasteiger partial charge is 0.494 e. The summed E-state index contributed by atoms with van der Waals surface area (Å²) in [5.74, 6) is 0.958. The highest BCUT2D eigenvalue weighted by Gasteiger charge is 2.07. The summed E-state index contributed by atoms with van der Waals surface area (Å²) < 4.78 is 5.68. The Balaban J connectivity index is 1.95. The van der Waals surface area contributed by atoms with Gasteiger partial charge in [0.2, 0.25) is 0 Å². The molecule has 0 heterocycles. The fraction of sp³-hybridized carbons (Fsp3) is 0.368. The van der Waals surface area contributed by atoms with Crippen LogP contribution in [0.4, 0.5) is 0 Å². The first-order chi connectivity index (χ1) is 10.2. The SMILES string of the molecule is CCCOc1cccc(CNC(C)c2ccccc2C)c1. The van der Waals surface area contributed by atoms with E-state index < -0.39 is 0 Å². The topological polar surface area (TPSA) is 21.3 Å². The molecule has 0 aliphatic carbocycles. The molecule has 2 aromatic rings. The first kappa shape index (κ1) is 15.6. The molecule has 21 heavy (non-hydrogen) atoms. The van der Waals surface area contributed by atoms with Crippen molar-refractivity contribution < 1.29 is 4.74 Å². The maximum Gasteiger partial charge on any atom is 0.119 e. The first-order valence-corrected chi connectivity index (χ1v) is 7.71. The molecule has 1 N–H and O–H groups in total. The highest BCUT2D eigenvalue weighted by atomic mass is 16.5. The van der Waals surface area contributed by atoms with Crippen molar-refractivity contribution in [1.82, 2.24) is 5.32 Å². The van der Waals surface area contributed by atoms with Crippen LogP contribution in [0.25, 0.3) is 0 Å². The van der Waals surface area contributed by atoms with Crippen molar-refractivity contribution in [1.29, 1.82) is 0 Å². The summed E-state index contributed by atoms with van der Waals surface area (Å²) in [5, 5.41) is 3.58. The average Bonchev–Trinajstić information content (AvgIpc) is 2.51. The van der Waals surface area contributed by atoms with E-state index in [1.807, 2.05) is 6.07 Å². The molecule has 0 aliphatic heterocycles. The third kappa shape index (κ3) is 4.61. The number of rotatable bonds is 7. The van der Waals surface area contributed by atoms with E-state index in [2.05, 4.69) is 68.6 Å². The van der Waals surface area contributed by atoms with E-state index in [1.165, 1.54) is 16.7 Å². The summed E-state index contributed by atoms with van der Waals surface area (Å²) in [4.78, 5) is 0. The summed E-state index contributed by atoms with van der Waals surface area (Å²) in [6, 6.07) is 17.2. The Hall–Kier alpha value is -1.80. The van der Waals surface area contributed by atoms with Crippen LogP contribution >= 0.6 is 0 Å². The number of nitrogens with one attached hydrogen (secondary N) is 1. The minimum atomic E-state index is 0.339. The summed E-state index contributed by atoms with van der Waals surface area (Å²) in [6.07, 6.45) is 1.03. The van der Waals surface area contributed by atoms with Gasteiger partial charge in [0.05, 0.1) is 6.61 Å². The van der Waals surface area contributed by atoms with Gasteiger partial charge in [-0.1, -0.05) is 43.3 Å². The summed E-state index contributed by atoms with van der Waals surface area (Å²) in [7, 11) is 0. The smallest absolute Gasteiger partial charge is 0.119 e. The molecule has 0 radical (unpaired) electrons. The maximum absolute atomic E-state index is 5.68. The molecule has 0 saturated heterocycles. The van der Waals surface area contributed by atoms with Gasteiger partial charge in [-0.15, -0.1) is 0 Å².